The van der Waals surface area contributed by atoms with Gasteiger partial charge in [-0.15, -0.1) is 0 Å². The van der Waals surface area contributed by atoms with E-state index >= 15 is 0 Å². The molecular weight excluding hydrogens is 641 g/mol. The molecule has 252 valence electrons. The van der Waals surface area contributed by atoms with Gasteiger partial charge in [-0.1, -0.05) is 154 Å². The van der Waals surface area contributed by atoms with Gasteiger partial charge in [-0.05, 0) is 125 Å². The zero-order valence-corrected chi connectivity index (χ0v) is 30.2. The molecule has 0 amide bonds. The largest absolute Gasteiger partial charge is 0.456 e. The Hall–Kier alpha value is -6.44. The van der Waals surface area contributed by atoms with E-state index in [1.54, 1.807) is 0 Å². The van der Waals surface area contributed by atoms with Gasteiger partial charge in [0.2, 0.25) is 0 Å². The summed E-state index contributed by atoms with van der Waals surface area (Å²) in [4.78, 5) is 0. The summed E-state index contributed by atoms with van der Waals surface area (Å²) in [6.45, 7) is 10.9. The maximum absolute atomic E-state index is 6.39. The molecule has 1 heterocycles. The van der Waals surface area contributed by atoms with Crippen molar-refractivity contribution in [1.82, 2.24) is 0 Å². The van der Waals surface area contributed by atoms with Crippen LogP contribution in [-0.4, -0.2) is 0 Å². The van der Waals surface area contributed by atoms with Crippen LogP contribution in [0.3, 0.4) is 0 Å². The Balaban J connectivity index is 1.11. The molecule has 1 nitrogen and oxygen atoms in total. The Kier molecular flexibility index (Phi) is 6.97. The van der Waals surface area contributed by atoms with Crippen LogP contribution >= 0.6 is 0 Å². The molecule has 53 heavy (non-hydrogen) atoms. The van der Waals surface area contributed by atoms with E-state index in [2.05, 4.69) is 185 Å². The van der Waals surface area contributed by atoms with Gasteiger partial charge in [-0.2, -0.15) is 0 Å². The topological polar surface area (TPSA) is 13.1 Å². The van der Waals surface area contributed by atoms with Gasteiger partial charge in [0.25, 0.3) is 0 Å². The van der Waals surface area contributed by atoms with Crippen molar-refractivity contribution in [2.45, 2.75) is 26.2 Å². The third kappa shape index (κ3) is 4.70. The van der Waals surface area contributed by atoms with Gasteiger partial charge in [-0.25, -0.2) is 0 Å². The third-order valence-corrected chi connectivity index (χ3v) is 11.5. The Morgan fingerprint density at radius 3 is 1.70 bits per heavy atom. The second-order valence-electron chi connectivity index (χ2n) is 14.8. The SMILES string of the molecule is C=CC1=C(/C=C\C)c2ccc(-c3ccc(-c4c5ccccc5c(-c5ccc6oc7cc8ccccc8cc7c6c5)c5ccccc45)cc3)cc2C1(C)C. The molecule has 0 unspecified atom stereocenters. The van der Waals surface area contributed by atoms with Gasteiger partial charge >= 0.3 is 0 Å². The summed E-state index contributed by atoms with van der Waals surface area (Å²) in [5, 5.41) is 9.67. The Morgan fingerprint density at radius 2 is 1.06 bits per heavy atom. The molecule has 0 N–H and O–H groups in total. The third-order valence-electron chi connectivity index (χ3n) is 11.5. The summed E-state index contributed by atoms with van der Waals surface area (Å²) in [6.07, 6.45) is 6.37. The molecule has 0 bridgehead atoms. The summed E-state index contributed by atoms with van der Waals surface area (Å²) in [7, 11) is 0. The van der Waals surface area contributed by atoms with Crippen molar-refractivity contribution in [3.8, 4) is 33.4 Å². The van der Waals surface area contributed by atoms with E-state index in [0.29, 0.717) is 0 Å². The molecule has 0 spiro atoms. The van der Waals surface area contributed by atoms with Gasteiger partial charge < -0.3 is 4.42 Å². The standard InChI is InChI=1S/C52H38O/c1-5-13-38-39-26-24-36(30-47(39)52(3,4)46(38)6-2)32-20-22-33(23-21-32)50-40-16-9-11-18-42(40)51(43-19-12-10-17-41(43)50)37-25-27-48-44(29-37)45-28-34-14-7-8-15-35(34)31-49(45)53-48/h5-31H,2H2,1,3-4H3/b13-5-. The fourth-order valence-corrected chi connectivity index (χ4v) is 9.01. The summed E-state index contributed by atoms with van der Waals surface area (Å²) >= 11 is 0. The van der Waals surface area contributed by atoms with Crippen LogP contribution < -0.4 is 0 Å². The Labute approximate surface area is 309 Å². The number of fused-ring (bicyclic) bond motifs is 7. The number of hydrogen-bond donors (Lipinski definition) is 0. The normalized spacial score (nSPS) is 14.0. The molecule has 1 aromatic heterocycles. The van der Waals surface area contributed by atoms with Crippen LogP contribution in [0.25, 0.3) is 93.2 Å². The zero-order valence-electron chi connectivity index (χ0n) is 30.2. The van der Waals surface area contributed by atoms with Crippen molar-refractivity contribution in [1.29, 1.82) is 0 Å². The molecule has 0 radical (unpaired) electrons. The summed E-state index contributed by atoms with van der Waals surface area (Å²) < 4.78 is 6.39. The lowest BCUT2D eigenvalue weighted by molar-refractivity contribution is 0.655. The first-order chi connectivity index (χ1) is 25.9. The van der Waals surface area contributed by atoms with Gasteiger partial charge in [0.05, 0.1) is 0 Å². The first-order valence-corrected chi connectivity index (χ1v) is 18.5. The lowest BCUT2D eigenvalue weighted by Gasteiger charge is -2.23. The molecule has 1 aliphatic carbocycles. The first-order valence-electron chi connectivity index (χ1n) is 18.5. The highest BCUT2D eigenvalue weighted by Gasteiger charge is 2.35. The minimum Gasteiger partial charge on any atom is -0.456 e. The quantitative estimate of drug-likeness (QED) is 0.165. The number of benzene rings is 8. The van der Waals surface area contributed by atoms with Crippen molar-refractivity contribution in [2.24, 2.45) is 0 Å². The molecule has 0 atom stereocenters. The van der Waals surface area contributed by atoms with E-state index in [0.717, 1.165) is 21.9 Å². The van der Waals surface area contributed by atoms with Crippen molar-refractivity contribution in [3.63, 3.8) is 0 Å². The molecule has 1 heteroatoms. The maximum Gasteiger partial charge on any atom is 0.136 e. The molecule has 9 aromatic rings. The average Bonchev–Trinajstić information content (AvgIpc) is 3.65. The minimum atomic E-state index is -0.106. The number of allylic oxidation sites excluding steroid dienone is 5. The Morgan fingerprint density at radius 1 is 0.509 bits per heavy atom. The second-order valence-corrected chi connectivity index (χ2v) is 14.8. The van der Waals surface area contributed by atoms with E-state index in [4.69, 9.17) is 4.42 Å². The van der Waals surface area contributed by atoms with Crippen molar-refractivity contribution in [2.75, 3.05) is 0 Å². The van der Waals surface area contributed by atoms with E-state index in [1.807, 2.05) is 6.08 Å². The molecule has 0 aliphatic heterocycles. The fraction of sp³-hybridized carbons (Fsp3) is 0.0769. The van der Waals surface area contributed by atoms with Crippen molar-refractivity contribution < 1.29 is 4.42 Å². The van der Waals surface area contributed by atoms with E-state index in [-0.39, 0.29) is 5.41 Å². The van der Waals surface area contributed by atoms with Crippen LogP contribution in [0.15, 0.2) is 180 Å². The monoisotopic (exact) mass is 678 g/mol. The summed E-state index contributed by atoms with van der Waals surface area (Å²) in [6, 6.07) is 53.5. The van der Waals surface area contributed by atoms with Gasteiger partial charge in [0, 0.05) is 16.2 Å². The molecule has 0 fully saturated rings. The van der Waals surface area contributed by atoms with Gasteiger partial charge in [0.1, 0.15) is 11.2 Å². The molecule has 0 saturated heterocycles. The van der Waals surface area contributed by atoms with Gasteiger partial charge in [-0.3, -0.25) is 0 Å². The highest BCUT2D eigenvalue weighted by atomic mass is 16.3. The summed E-state index contributed by atoms with van der Waals surface area (Å²) in [5.41, 5.74) is 14.3. The predicted octanol–water partition coefficient (Wildman–Crippen LogP) is 14.9. The molecule has 8 aromatic carbocycles. The fourth-order valence-electron chi connectivity index (χ4n) is 9.01. The number of furan rings is 1. The highest BCUT2D eigenvalue weighted by Crippen LogP contribution is 2.49. The molecule has 10 rings (SSSR count). The zero-order chi connectivity index (χ0) is 35.8. The number of hydrogen-bond acceptors (Lipinski definition) is 1. The van der Waals surface area contributed by atoms with Crippen LogP contribution in [0.1, 0.15) is 31.9 Å². The van der Waals surface area contributed by atoms with E-state index in [1.165, 1.54) is 88.0 Å². The molecule has 0 saturated carbocycles. The van der Waals surface area contributed by atoms with Gasteiger partial charge in [0.15, 0.2) is 0 Å². The second kappa shape index (κ2) is 11.8. The van der Waals surface area contributed by atoms with Crippen molar-refractivity contribution >= 4 is 59.8 Å². The average molecular weight is 679 g/mol. The van der Waals surface area contributed by atoms with Crippen LogP contribution in [0.2, 0.25) is 0 Å². The van der Waals surface area contributed by atoms with Crippen LogP contribution in [0.5, 0.6) is 0 Å². The number of rotatable bonds is 5. The molecule has 1 aliphatic rings. The van der Waals surface area contributed by atoms with Crippen LogP contribution in [0, 0.1) is 0 Å². The van der Waals surface area contributed by atoms with Crippen LogP contribution in [0.4, 0.5) is 0 Å². The summed E-state index contributed by atoms with van der Waals surface area (Å²) in [5.74, 6) is 0. The first kappa shape index (κ1) is 31.3. The lowest BCUT2D eigenvalue weighted by Crippen LogP contribution is -2.16. The molecular formula is C52H38O. The van der Waals surface area contributed by atoms with Crippen molar-refractivity contribution in [3.05, 3.63) is 187 Å². The maximum atomic E-state index is 6.39. The Bertz CT molecular complexity index is 2980. The lowest BCUT2D eigenvalue weighted by atomic mass is 9.80. The van der Waals surface area contributed by atoms with E-state index < -0.39 is 0 Å². The minimum absolute atomic E-state index is 0.106. The predicted molar refractivity (Wildman–Crippen MR) is 228 cm³/mol. The van der Waals surface area contributed by atoms with Crippen LogP contribution in [-0.2, 0) is 5.41 Å². The smallest absolute Gasteiger partial charge is 0.136 e. The van der Waals surface area contributed by atoms with E-state index in [9.17, 15) is 0 Å². The highest BCUT2D eigenvalue weighted by molar-refractivity contribution is 6.22.